The largest absolute Gasteiger partial charge is 0.506 e. The van der Waals surface area contributed by atoms with Gasteiger partial charge in [-0.3, -0.25) is 4.79 Å². The molecule has 0 aliphatic rings. The lowest BCUT2D eigenvalue weighted by Crippen LogP contribution is -2.16. The second-order valence-corrected chi connectivity index (χ2v) is 5.40. The van der Waals surface area contributed by atoms with E-state index in [1.807, 2.05) is 13.0 Å². The Morgan fingerprint density at radius 1 is 1.32 bits per heavy atom. The van der Waals surface area contributed by atoms with Crippen LogP contribution in [-0.2, 0) is 6.42 Å². The maximum absolute atomic E-state index is 11.9. The van der Waals surface area contributed by atoms with E-state index >= 15 is 0 Å². The van der Waals surface area contributed by atoms with Crippen molar-refractivity contribution in [2.45, 2.75) is 13.3 Å². The third-order valence-electron chi connectivity index (χ3n) is 3.27. The van der Waals surface area contributed by atoms with Crippen molar-refractivity contribution in [3.8, 4) is 29.0 Å². The minimum atomic E-state index is -0.702. The molecule has 2 aromatic rings. The highest BCUT2D eigenvalue weighted by molar-refractivity contribution is 9.10. The fourth-order valence-electron chi connectivity index (χ4n) is 2.16. The molecule has 0 spiro atoms. The second-order valence-electron chi connectivity index (χ2n) is 4.54. The van der Waals surface area contributed by atoms with E-state index in [-0.39, 0.29) is 33.8 Å². The van der Waals surface area contributed by atoms with Crippen molar-refractivity contribution in [1.29, 1.82) is 10.5 Å². The van der Waals surface area contributed by atoms with E-state index in [1.54, 1.807) is 18.2 Å². The number of aryl methyl sites for hydroxylation is 1. The molecule has 0 aliphatic carbocycles. The van der Waals surface area contributed by atoms with Crippen LogP contribution < -0.4 is 11.3 Å². The molecule has 0 saturated heterocycles. The number of H-pyrrole nitrogens is 1. The average Bonchev–Trinajstić information content (AvgIpc) is 2.49. The van der Waals surface area contributed by atoms with Crippen molar-refractivity contribution < 1.29 is 5.11 Å². The number of benzene rings is 1. The number of nitriles is 2. The SMILES string of the molecule is CCc1cc(Br)c(O)c(-c2c(C#N)c(N)[nH]c(=O)c2C#N)c1. The number of halogens is 1. The number of phenols is 1. The Morgan fingerprint density at radius 2 is 1.95 bits per heavy atom. The minimum Gasteiger partial charge on any atom is -0.506 e. The standard InChI is InChI=1S/C15H11BrN4O2/c1-2-7-3-8(13(21)11(16)4-7)12-9(5-17)14(19)20-15(22)10(12)6-18/h3-4,21H,2H2,1H3,(H3,19,20,22). The summed E-state index contributed by atoms with van der Waals surface area (Å²) in [4.78, 5) is 14.2. The quantitative estimate of drug-likeness (QED) is 0.759. The van der Waals surface area contributed by atoms with Crippen LogP contribution >= 0.6 is 15.9 Å². The fraction of sp³-hybridized carbons (Fsp3) is 0.133. The first kappa shape index (κ1) is 15.6. The lowest BCUT2D eigenvalue weighted by molar-refractivity contribution is 0.473. The molecule has 6 nitrogen and oxygen atoms in total. The Morgan fingerprint density at radius 3 is 2.50 bits per heavy atom. The van der Waals surface area contributed by atoms with Gasteiger partial charge in [0.2, 0.25) is 0 Å². The number of nitrogens with one attached hydrogen (secondary N) is 1. The van der Waals surface area contributed by atoms with Gasteiger partial charge in [0.25, 0.3) is 5.56 Å². The van der Waals surface area contributed by atoms with Crippen molar-refractivity contribution in [2.24, 2.45) is 0 Å². The first-order valence-corrected chi connectivity index (χ1v) is 7.11. The summed E-state index contributed by atoms with van der Waals surface area (Å²) in [6.45, 7) is 1.92. The van der Waals surface area contributed by atoms with Crippen molar-refractivity contribution >= 4 is 21.7 Å². The van der Waals surface area contributed by atoms with Gasteiger partial charge in [0.05, 0.1) is 4.47 Å². The van der Waals surface area contributed by atoms with Crippen LogP contribution in [0.3, 0.4) is 0 Å². The van der Waals surface area contributed by atoms with Gasteiger partial charge in [-0.15, -0.1) is 0 Å². The van der Waals surface area contributed by atoms with Gasteiger partial charge in [-0.2, -0.15) is 10.5 Å². The van der Waals surface area contributed by atoms with Gasteiger partial charge < -0.3 is 15.8 Å². The number of hydrogen-bond acceptors (Lipinski definition) is 5. The summed E-state index contributed by atoms with van der Waals surface area (Å²) in [5, 5.41) is 28.8. The number of aromatic hydroxyl groups is 1. The van der Waals surface area contributed by atoms with Gasteiger partial charge in [0.15, 0.2) is 0 Å². The average molecular weight is 359 g/mol. The van der Waals surface area contributed by atoms with Crippen molar-refractivity contribution in [1.82, 2.24) is 4.98 Å². The molecule has 0 radical (unpaired) electrons. The number of nitrogens with two attached hydrogens (primary N) is 1. The van der Waals surface area contributed by atoms with E-state index in [0.717, 1.165) is 5.56 Å². The van der Waals surface area contributed by atoms with E-state index in [0.29, 0.717) is 10.9 Å². The molecule has 0 amide bonds. The molecular formula is C15H11BrN4O2. The third-order valence-corrected chi connectivity index (χ3v) is 3.87. The summed E-state index contributed by atoms with van der Waals surface area (Å²) < 4.78 is 0.411. The molecule has 0 atom stereocenters. The number of anilines is 1. The smallest absolute Gasteiger partial charge is 0.268 e. The van der Waals surface area contributed by atoms with Gasteiger partial charge in [-0.1, -0.05) is 6.92 Å². The third kappa shape index (κ3) is 2.43. The zero-order valence-corrected chi connectivity index (χ0v) is 13.2. The number of hydrogen-bond donors (Lipinski definition) is 3. The number of pyridine rings is 1. The van der Waals surface area contributed by atoms with Crippen LogP contribution in [0.2, 0.25) is 0 Å². The molecule has 2 rings (SSSR count). The molecule has 0 aliphatic heterocycles. The summed E-state index contributed by atoms with van der Waals surface area (Å²) in [5.41, 5.74) is 5.78. The monoisotopic (exact) mass is 358 g/mol. The highest BCUT2D eigenvalue weighted by Gasteiger charge is 2.22. The molecule has 1 aromatic carbocycles. The van der Waals surface area contributed by atoms with Crippen LogP contribution in [0.1, 0.15) is 23.6 Å². The molecule has 22 heavy (non-hydrogen) atoms. The molecule has 1 heterocycles. The van der Waals surface area contributed by atoms with Crippen molar-refractivity contribution in [3.63, 3.8) is 0 Å². The molecule has 0 unspecified atom stereocenters. The van der Waals surface area contributed by atoms with E-state index in [2.05, 4.69) is 20.9 Å². The molecular weight excluding hydrogens is 348 g/mol. The first-order valence-electron chi connectivity index (χ1n) is 6.32. The lowest BCUT2D eigenvalue weighted by Gasteiger charge is -2.13. The predicted octanol–water partition coefficient (Wildman–Crippen LogP) is 2.40. The topological polar surface area (TPSA) is 127 Å². The summed E-state index contributed by atoms with van der Waals surface area (Å²) in [6.07, 6.45) is 0.675. The number of aromatic nitrogens is 1. The van der Waals surface area contributed by atoms with Crippen molar-refractivity contribution in [3.05, 3.63) is 43.6 Å². The summed E-state index contributed by atoms with van der Waals surface area (Å²) in [7, 11) is 0. The number of nitrogen functional groups attached to an aromatic ring is 1. The molecule has 1 aromatic heterocycles. The summed E-state index contributed by atoms with van der Waals surface area (Å²) >= 11 is 3.23. The normalized spacial score (nSPS) is 10.0. The molecule has 0 fully saturated rings. The molecule has 7 heteroatoms. The van der Waals surface area contributed by atoms with E-state index in [4.69, 9.17) is 5.73 Å². The van der Waals surface area contributed by atoms with Crippen LogP contribution in [-0.4, -0.2) is 10.1 Å². The molecule has 0 bridgehead atoms. The van der Waals surface area contributed by atoms with Crippen LogP contribution in [0.15, 0.2) is 21.4 Å². The Kier molecular flexibility index (Phi) is 4.20. The van der Waals surface area contributed by atoms with E-state index < -0.39 is 5.56 Å². The fourth-order valence-corrected chi connectivity index (χ4v) is 2.67. The molecule has 0 saturated carbocycles. The number of phenolic OH excluding ortho intramolecular Hbond substituents is 1. The zero-order valence-electron chi connectivity index (χ0n) is 11.6. The molecule has 110 valence electrons. The van der Waals surface area contributed by atoms with Gasteiger partial charge in [0, 0.05) is 11.1 Å². The number of rotatable bonds is 2. The van der Waals surface area contributed by atoms with Crippen molar-refractivity contribution in [2.75, 3.05) is 5.73 Å². The Bertz CT molecular complexity index is 904. The Balaban J connectivity index is 3.02. The summed E-state index contributed by atoms with van der Waals surface area (Å²) in [5.74, 6) is -0.297. The lowest BCUT2D eigenvalue weighted by atomic mass is 9.94. The number of aromatic amines is 1. The number of nitrogens with zero attached hydrogens (tertiary/aromatic N) is 2. The Labute approximate surface area is 134 Å². The van der Waals surface area contributed by atoms with E-state index in [1.165, 1.54) is 0 Å². The maximum atomic E-state index is 11.9. The maximum Gasteiger partial charge on any atom is 0.268 e. The van der Waals surface area contributed by atoms with Crippen LogP contribution in [0.5, 0.6) is 5.75 Å². The van der Waals surface area contributed by atoms with Crippen LogP contribution in [0, 0.1) is 22.7 Å². The van der Waals surface area contributed by atoms with Gasteiger partial charge in [-0.25, -0.2) is 0 Å². The van der Waals surface area contributed by atoms with Gasteiger partial charge in [0.1, 0.15) is 34.8 Å². The van der Waals surface area contributed by atoms with Gasteiger partial charge in [-0.05, 0) is 40.0 Å². The second kappa shape index (κ2) is 5.92. The molecule has 4 N–H and O–H groups in total. The highest BCUT2D eigenvalue weighted by atomic mass is 79.9. The van der Waals surface area contributed by atoms with E-state index in [9.17, 15) is 20.4 Å². The van der Waals surface area contributed by atoms with Crippen LogP contribution in [0.4, 0.5) is 5.82 Å². The zero-order chi connectivity index (χ0) is 16.4. The van der Waals surface area contributed by atoms with Gasteiger partial charge >= 0.3 is 0 Å². The highest BCUT2D eigenvalue weighted by Crippen LogP contribution is 2.39. The predicted molar refractivity (Wildman–Crippen MR) is 85.1 cm³/mol. The first-order chi connectivity index (χ1) is 10.4. The van der Waals surface area contributed by atoms with Crippen LogP contribution in [0.25, 0.3) is 11.1 Å². The Hall–Kier alpha value is -2.77. The summed E-state index contributed by atoms with van der Waals surface area (Å²) in [6, 6.07) is 7.01. The minimum absolute atomic E-state index is 0.0414.